The van der Waals surface area contributed by atoms with Gasteiger partial charge in [-0.15, -0.1) is 5.06 Å². The van der Waals surface area contributed by atoms with Gasteiger partial charge in [0.15, 0.2) is 0 Å². The van der Waals surface area contributed by atoms with Gasteiger partial charge in [0.05, 0.1) is 0 Å². The van der Waals surface area contributed by atoms with Gasteiger partial charge in [-0.2, -0.15) is 0 Å². The van der Waals surface area contributed by atoms with Crippen LogP contribution in [0.15, 0.2) is 0 Å². The summed E-state index contributed by atoms with van der Waals surface area (Å²) in [6, 6.07) is -1.70. The fourth-order valence-corrected chi connectivity index (χ4v) is 1.84. The number of urea groups is 2. The molecule has 0 saturated heterocycles. The number of hydrogen-bond acceptors (Lipinski definition) is 5. The number of imide groups is 2. The highest BCUT2D eigenvalue weighted by Gasteiger charge is 2.18. The average molecular weight is 344 g/mol. The summed E-state index contributed by atoms with van der Waals surface area (Å²) >= 11 is 0. The quantitative estimate of drug-likeness (QED) is 0.331. The molecule has 0 rings (SSSR count). The van der Waals surface area contributed by atoms with Crippen molar-refractivity contribution in [2.45, 2.75) is 52.4 Å². The third kappa shape index (κ3) is 9.09. The Morgan fingerprint density at radius 3 is 2.17 bits per heavy atom. The van der Waals surface area contributed by atoms with Crippen molar-refractivity contribution in [1.82, 2.24) is 15.3 Å². The molecule has 0 aliphatic carbocycles. The first-order chi connectivity index (χ1) is 11.2. The first-order valence-electron chi connectivity index (χ1n) is 8.02. The Labute approximate surface area is 142 Å². The van der Waals surface area contributed by atoms with E-state index in [1.165, 1.54) is 7.05 Å². The first kappa shape index (κ1) is 21.8. The van der Waals surface area contributed by atoms with Crippen LogP contribution in [0.25, 0.3) is 0 Å². The second kappa shape index (κ2) is 11.4. The van der Waals surface area contributed by atoms with E-state index in [1.54, 1.807) is 0 Å². The van der Waals surface area contributed by atoms with E-state index in [0.717, 1.165) is 11.3 Å². The average Bonchev–Trinajstić information content (AvgIpc) is 2.51. The summed E-state index contributed by atoms with van der Waals surface area (Å²) in [6.45, 7) is 4.25. The van der Waals surface area contributed by atoms with E-state index in [9.17, 15) is 24.4 Å². The number of unbranched alkanes of at least 4 members (excludes halogenated alkanes) is 1. The van der Waals surface area contributed by atoms with Crippen molar-refractivity contribution < 1.29 is 24.4 Å². The Morgan fingerprint density at radius 2 is 1.62 bits per heavy atom. The molecule has 24 heavy (non-hydrogen) atoms. The molecule has 0 aliphatic heterocycles. The summed E-state index contributed by atoms with van der Waals surface area (Å²) in [5.41, 5.74) is 4.96. The van der Waals surface area contributed by atoms with Gasteiger partial charge >= 0.3 is 12.1 Å². The lowest BCUT2D eigenvalue weighted by Gasteiger charge is -2.15. The second-order valence-corrected chi connectivity index (χ2v) is 5.97. The number of carbonyl (C=O) groups excluding carboxylic acids is 4. The summed E-state index contributed by atoms with van der Waals surface area (Å²) in [4.78, 5) is 46.3. The van der Waals surface area contributed by atoms with Crippen LogP contribution < -0.4 is 11.1 Å². The molecule has 0 heterocycles. The zero-order valence-corrected chi connectivity index (χ0v) is 14.6. The normalized spacial score (nSPS) is 10.4. The molecule has 9 nitrogen and oxygen atoms in total. The van der Waals surface area contributed by atoms with Crippen LogP contribution >= 0.6 is 0 Å². The zero-order chi connectivity index (χ0) is 18.7. The molecule has 0 radical (unpaired) electrons. The van der Waals surface area contributed by atoms with E-state index in [0.29, 0.717) is 25.2 Å². The Kier molecular flexibility index (Phi) is 10.4. The number of nitrogens with two attached hydrogens (primary N) is 1. The van der Waals surface area contributed by atoms with Gasteiger partial charge in [-0.05, 0) is 25.2 Å². The number of amides is 6. The number of primary amides is 1. The van der Waals surface area contributed by atoms with E-state index in [4.69, 9.17) is 5.73 Å². The molecule has 138 valence electrons. The highest BCUT2D eigenvalue weighted by atomic mass is 16.5. The van der Waals surface area contributed by atoms with Gasteiger partial charge in [0.1, 0.15) is 0 Å². The van der Waals surface area contributed by atoms with Crippen LogP contribution in [0.3, 0.4) is 0 Å². The summed E-state index contributed by atoms with van der Waals surface area (Å²) in [7, 11) is 1.29. The molecule has 0 atom stereocenters. The first-order valence-corrected chi connectivity index (χ1v) is 8.02. The third-order valence-corrected chi connectivity index (χ3v) is 3.40. The van der Waals surface area contributed by atoms with E-state index in [2.05, 4.69) is 5.32 Å². The minimum Gasteiger partial charge on any atom is -0.351 e. The molecule has 0 aromatic carbocycles. The molecule has 4 N–H and O–H groups in total. The lowest BCUT2D eigenvalue weighted by Crippen LogP contribution is -2.42. The largest absolute Gasteiger partial charge is 0.351 e. The van der Waals surface area contributed by atoms with Crippen molar-refractivity contribution >= 4 is 23.9 Å². The Bertz CT molecular complexity index is 453. The van der Waals surface area contributed by atoms with Crippen molar-refractivity contribution in [2.24, 2.45) is 11.7 Å². The Hall–Kier alpha value is -2.16. The number of nitrogens with zero attached hydrogens (tertiary/aromatic N) is 2. The maximum absolute atomic E-state index is 11.6. The Morgan fingerprint density at radius 1 is 1.04 bits per heavy atom. The van der Waals surface area contributed by atoms with Crippen LogP contribution in [0.1, 0.15) is 52.4 Å². The zero-order valence-electron chi connectivity index (χ0n) is 14.6. The fraction of sp³-hybridized carbons (Fsp3) is 0.733. The van der Waals surface area contributed by atoms with Crippen LogP contribution in [0.4, 0.5) is 9.59 Å². The number of hydrogen-bond donors (Lipinski definition) is 3. The van der Waals surface area contributed by atoms with Crippen molar-refractivity contribution in [1.29, 1.82) is 0 Å². The molecule has 0 aromatic rings. The van der Waals surface area contributed by atoms with E-state index < -0.39 is 23.9 Å². The lowest BCUT2D eigenvalue weighted by atomic mass is 10.1. The van der Waals surface area contributed by atoms with Gasteiger partial charge in [0.25, 0.3) is 5.91 Å². The fourth-order valence-electron chi connectivity index (χ4n) is 1.84. The standard InChI is InChI=1S/C15H28N4O5/c1-11(2)7-6-9-13(21)19(24)15(23)17-10-5-4-8-12(20)18(3)14(16)22/h11,24H,4-10H2,1-3H3,(H2,16,22)(H,17,23). The van der Waals surface area contributed by atoms with Crippen LogP contribution in [-0.2, 0) is 9.59 Å². The van der Waals surface area contributed by atoms with Crippen LogP contribution in [0.5, 0.6) is 0 Å². The molecule has 0 unspecified atom stereocenters. The smallest absolute Gasteiger partial charge is 0.348 e. The summed E-state index contributed by atoms with van der Waals surface area (Å²) in [6.07, 6.45) is 2.57. The number of nitrogens with one attached hydrogen (secondary N) is 1. The van der Waals surface area contributed by atoms with E-state index in [1.807, 2.05) is 13.8 Å². The minimum atomic E-state index is -0.884. The van der Waals surface area contributed by atoms with E-state index in [-0.39, 0.29) is 24.4 Å². The molecular formula is C15H28N4O5. The van der Waals surface area contributed by atoms with Gasteiger partial charge in [0.2, 0.25) is 5.91 Å². The van der Waals surface area contributed by atoms with Crippen molar-refractivity contribution in [2.75, 3.05) is 13.6 Å². The highest BCUT2D eigenvalue weighted by molar-refractivity contribution is 5.93. The molecule has 9 heteroatoms. The second-order valence-electron chi connectivity index (χ2n) is 5.97. The summed E-state index contributed by atoms with van der Waals surface area (Å²) < 4.78 is 0. The predicted octanol–water partition coefficient (Wildman–Crippen LogP) is 1.45. The third-order valence-electron chi connectivity index (χ3n) is 3.40. The lowest BCUT2D eigenvalue weighted by molar-refractivity contribution is -0.152. The molecular weight excluding hydrogens is 316 g/mol. The molecule has 0 fully saturated rings. The number of rotatable bonds is 9. The van der Waals surface area contributed by atoms with Gasteiger partial charge in [-0.1, -0.05) is 20.3 Å². The SMILES string of the molecule is CC(C)CCCC(=O)N(O)C(=O)NCCCCC(=O)N(C)C(N)=O. The summed E-state index contributed by atoms with van der Waals surface area (Å²) in [5, 5.41) is 12.0. The minimum absolute atomic E-state index is 0.0896. The monoisotopic (exact) mass is 344 g/mol. The van der Waals surface area contributed by atoms with Gasteiger partial charge in [-0.3, -0.25) is 19.7 Å². The van der Waals surface area contributed by atoms with Gasteiger partial charge in [0, 0.05) is 26.4 Å². The van der Waals surface area contributed by atoms with Crippen molar-refractivity contribution in [3.8, 4) is 0 Å². The molecule has 0 spiro atoms. The van der Waals surface area contributed by atoms with Crippen LogP contribution in [0, 0.1) is 5.92 Å². The Balaban J connectivity index is 3.90. The highest BCUT2D eigenvalue weighted by Crippen LogP contribution is 2.07. The number of carbonyl (C=O) groups is 4. The van der Waals surface area contributed by atoms with Gasteiger partial charge in [-0.25, -0.2) is 9.59 Å². The molecule has 0 aliphatic rings. The summed E-state index contributed by atoms with van der Waals surface area (Å²) in [5.74, 6) is -0.598. The maximum atomic E-state index is 11.6. The maximum Gasteiger partial charge on any atom is 0.348 e. The molecule has 0 bridgehead atoms. The van der Waals surface area contributed by atoms with Crippen molar-refractivity contribution in [3.05, 3.63) is 0 Å². The molecule has 0 saturated carbocycles. The van der Waals surface area contributed by atoms with Crippen LogP contribution in [-0.4, -0.2) is 52.6 Å². The molecule has 6 amide bonds. The predicted molar refractivity (Wildman–Crippen MR) is 86.9 cm³/mol. The van der Waals surface area contributed by atoms with Crippen molar-refractivity contribution in [3.63, 3.8) is 0 Å². The number of hydroxylamine groups is 2. The molecule has 0 aromatic heterocycles. The topological polar surface area (TPSA) is 133 Å². The van der Waals surface area contributed by atoms with Gasteiger partial charge < -0.3 is 11.1 Å². The van der Waals surface area contributed by atoms with E-state index >= 15 is 0 Å². The van der Waals surface area contributed by atoms with Crippen LogP contribution in [0.2, 0.25) is 0 Å².